The summed E-state index contributed by atoms with van der Waals surface area (Å²) < 4.78 is 27.4. The molecule has 202 valence electrons. The topological polar surface area (TPSA) is 103 Å². The number of hydrogen-bond acceptors (Lipinski definition) is 7. The van der Waals surface area contributed by atoms with Gasteiger partial charge in [-0.15, -0.1) is 0 Å². The Kier molecular flexibility index (Phi) is 7.97. The van der Waals surface area contributed by atoms with Crippen molar-refractivity contribution in [3.8, 4) is 0 Å². The van der Waals surface area contributed by atoms with Gasteiger partial charge in [-0.05, 0) is 68.8 Å². The van der Waals surface area contributed by atoms with E-state index in [4.69, 9.17) is 4.98 Å². The summed E-state index contributed by atoms with van der Waals surface area (Å²) in [6, 6.07) is 10.5. The van der Waals surface area contributed by atoms with Crippen LogP contribution in [0.1, 0.15) is 49.8 Å². The first kappa shape index (κ1) is 26.2. The summed E-state index contributed by atoms with van der Waals surface area (Å²) >= 11 is 0. The minimum atomic E-state index is -2.63. The molecule has 2 aromatic heterocycles. The van der Waals surface area contributed by atoms with Crippen LogP contribution in [0.4, 0.5) is 20.4 Å². The van der Waals surface area contributed by atoms with E-state index >= 15 is 0 Å². The minimum Gasteiger partial charge on any atom is -0.480 e. The Morgan fingerprint density at radius 2 is 2.00 bits per heavy atom. The van der Waals surface area contributed by atoms with Gasteiger partial charge in [0.25, 0.3) is 5.92 Å². The smallest absolute Gasteiger partial charge is 0.326 e. The van der Waals surface area contributed by atoms with Crippen LogP contribution in [-0.2, 0) is 17.6 Å². The van der Waals surface area contributed by atoms with Gasteiger partial charge >= 0.3 is 5.97 Å². The van der Waals surface area contributed by atoms with Crippen LogP contribution in [0.2, 0.25) is 0 Å². The van der Waals surface area contributed by atoms with Gasteiger partial charge in [-0.1, -0.05) is 18.2 Å². The van der Waals surface area contributed by atoms with Crippen molar-refractivity contribution in [2.75, 3.05) is 30.3 Å². The lowest BCUT2D eigenvalue weighted by molar-refractivity contribution is -0.139. The number of aryl methyl sites for hydroxylation is 2. The first-order chi connectivity index (χ1) is 18.4. The zero-order chi connectivity index (χ0) is 26.5. The molecule has 0 spiro atoms. The third kappa shape index (κ3) is 6.35. The number of fused-ring (bicyclic) bond motifs is 2. The molecule has 0 amide bonds. The molecule has 1 aliphatic heterocycles. The number of hydrogen-bond donors (Lipinski definition) is 3. The number of nitrogens with zero attached hydrogens (tertiary/aromatic N) is 4. The predicted octanol–water partition coefficient (Wildman–Crippen LogP) is 4.76. The van der Waals surface area contributed by atoms with Gasteiger partial charge in [0.15, 0.2) is 0 Å². The van der Waals surface area contributed by atoms with Gasteiger partial charge < -0.3 is 15.7 Å². The Morgan fingerprint density at radius 1 is 1.16 bits per heavy atom. The third-order valence-electron chi connectivity index (χ3n) is 7.52. The van der Waals surface area contributed by atoms with E-state index in [-0.39, 0.29) is 25.3 Å². The number of anilines is 2. The number of rotatable bonds is 12. The normalized spacial score (nSPS) is 17.4. The molecule has 3 aromatic rings. The average Bonchev–Trinajstić information content (AvgIpc) is 2.90. The Morgan fingerprint density at radius 3 is 2.82 bits per heavy atom. The fourth-order valence-corrected chi connectivity index (χ4v) is 5.33. The summed E-state index contributed by atoms with van der Waals surface area (Å²) in [5.74, 6) is -2.20. The number of carbonyl (C=O) groups is 1. The van der Waals surface area contributed by atoms with E-state index in [1.807, 2.05) is 29.2 Å². The fourth-order valence-electron chi connectivity index (χ4n) is 5.33. The maximum Gasteiger partial charge on any atom is 0.326 e. The molecule has 3 heterocycles. The van der Waals surface area contributed by atoms with Gasteiger partial charge in [-0.2, -0.15) is 0 Å². The SMILES string of the molecule is O=C(O)[C@H](CCN(CCCCc1ccc2c(n1)NCCC2)C1CC(F)(F)C1)Nc1ncnc2ccccc12. The molecule has 1 aromatic carbocycles. The summed E-state index contributed by atoms with van der Waals surface area (Å²) in [5.41, 5.74) is 3.01. The van der Waals surface area contributed by atoms with E-state index < -0.39 is 17.9 Å². The first-order valence-corrected chi connectivity index (χ1v) is 13.4. The van der Waals surface area contributed by atoms with Crippen LogP contribution >= 0.6 is 0 Å². The monoisotopic (exact) mass is 524 g/mol. The van der Waals surface area contributed by atoms with Gasteiger partial charge in [-0.3, -0.25) is 4.90 Å². The van der Waals surface area contributed by atoms with E-state index in [0.29, 0.717) is 18.9 Å². The summed E-state index contributed by atoms with van der Waals surface area (Å²) in [6.07, 6.45) is 6.04. The molecule has 0 saturated heterocycles. The van der Waals surface area contributed by atoms with E-state index in [9.17, 15) is 18.7 Å². The number of aromatic nitrogens is 3. The number of benzene rings is 1. The lowest BCUT2D eigenvalue weighted by Crippen LogP contribution is -2.52. The quantitative estimate of drug-likeness (QED) is 0.292. The van der Waals surface area contributed by atoms with Crippen molar-refractivity contribution in [3.63, 3.8) is 0 Å². The second-order valence-corrected chi connectivity index (χ2v) is 10.3. The Hall–Kier alpha value is -3.40. The van der Waals surface area contributed by atoms with E-state index in [1.54, 1.807) is 0 Å². The number of alkyl halides is 2. The fraction of sp³-hybridized carbons (Fsp3) is 0.500. The highest BCUT2D eigenvalue weighted by Gasteiger charge is 2.47. The molecule has 10 heteroatoms. The molecule has 2 aliphatic rings. The molecule has 3 N–H and O–H groups in total. The summed E-state index contributed by atoms with van der Waals surface area (Å²) in [7, 11) is 0. The van der Waals surface area contributed by atoms with Gasteiger partial charge in [0.1, 0.15) is 24.0 Å². The van der Waals surface area contributed by atoms with Crippen LogP contribution in [0.5, 0.6) is 0 Å². The number of carboxylic acid groups (broad SMARTS) is 1. The van der Waals surface area contributed by atoms with E-state index in [2.05, 4.69) is 32.7 Å². The molecular formula is C28H34F2N6O2. The zero-order valence-corrected chi connectivity index (χ0v) is 21.4. The number of aliphatic carboxylic acids is 1. The molecule has 1 aliphatic carbocycles. The molecular weight excluding hydrogens is 490 g/mol. The molecule has 1 fully saturated rings. The van der Waals surface area contributed by atoms with Crippen LogP contribution in [-0.4, -0.2) is 68.6 Å². The van der Waals surface area contributed by atoms with Gasteiger partial charge in [0.05, 0.1) is 5.52 Å². The summed E-state index contributed by atoms with van der Waals surface area (Å²) in [4.78, 5) is 27.3. The van der Waals surface area contributed by atoms with E-state index in [0.717, 1.165) is 61.1 Å². The summed E-state index contributed by atoms with van der Waals surface area (Å²) in [6.45, 7) is 2.01. The number of unbranched alkanes of at least 4 members (excludes halogenated alkanes) is 1. The number of halogens is 2. The number of carboxylic acids is 1. The predicted molar refractivity (Wildman–Crippen MR) is 143 cm³/mol. The molecule has 0 radical (unpaired) electrons. The van der Waals surface area contributed by atoms with Crippen molar-refractivity contribution in [1.29, 1.82) is 0 Å². The average molecular weight is 525 g/mol. The van der Waals surface area contributed by atoms with Crippen LogP contribution < -0.4 is 10.6 Å². The maximum atomic E-state index is 13.7. The minimum absolute atomic E-state index is 0.174. The largest absolute Gasteiger partial charge is 0.480 e. The highest BCUT2D eigenvalue weighted by Crippen LogP contribution is 2.40. The van der Waals surface area contributed by atoms with Crippen LogP contribution in [0.3, 0.4) is 0 Å². The van der Waals surface area contributed by atoms with Crippen LogP contribution in [0.15, 0.2) is 42.7 Å². The number of pyridine rings is 1. The molecule has 38 heavy (non-hydrogen) atoms. The maximum absolute atomic E-state index is 13.7. The second kappa shape index (κ2) is 11.6. The molecule has 0 unspecified atom stereocenters. The van der Waals surface area contributed by atoms with Crippen molar-refractivity contribution in [1.82, 2.24) is 19.9 Å². The molecule has 0 bridgehead atoms. The van der Waals surface area contributed by atoms with Crippen LogP contribution in [0, 0.1) is 0 Å². The highest BCUT2D eigenvalue weighted by molar-refractivity contribution is 5.90. The highest BCUT2D eigenvalue weighted by atomic mass is 19.3. The molecule has 5 rings (SSSR count). The van der Waals surface area contributed by atoms with Crippen molar-refractivity contribution in [2.24, 2.45) is 0 Å². The standard InChI is InChI=1S/C28H34F2N6O2/c29-28(30)16-21(17-28)36(14-4-3-7-20-11-10-19-6-5-13-31-25(19)34-20)15-12-24(27(37)38)35-26-22-8-1-2-9-23(22)32-18-33-26/h1-2,8-11,18,21,24H,3-7,12-17H2,(H,31,34)(H,37,38)(H,32,33,35)/t24-/m0/s1. The molecule has 1 atom stereocenters. The van der Waals surface area contributed by atoms with Crippen molar-refractivity contribution in [2.45, 2.75) is 69.4 Å². The van der Waals surface area contributed by atoms with E-state index in [1.165, 1.54) is 11.9 Å². The van der Waals surface area contributed by atoms with Crippen LogP contribution in [0.25, 0.3) is 10.9 Å². The lowest BCUT2D eigenvalue weighted by Gasteiger charge is -2.43. The zero-order valence-electron chi connectivity index (χ0n) is 21.4. The van der Waals surface area contributed by atoms with Crippen molar-refractivity contribution >= 4 is 28.5 Å². The van der Waals surface area contributed by atoms with Crippen molar-refractivity contribution in [3.05, 3.63) is 54.0 Å². The molecule has 1 saturated carbocycles. The first-order valence-electron chi connectivity index (χ1n) is 13.4. The third-order valence-corrected chi connectivity index (χ3v) is 7.52. The Balaban J connectivity index is 1.18. The summed E-state index contributed by atoms with van der Waals surface area (Å²) in [5, 5.41) is 17.0. The Labute approximate surface area is 220 Å². The van der Waals surface area contributed by atoms with Gasteiger partial charge in [0.2, 0.25) is 0 Å². The number of para-hydroxylation sites is 1. The van der Waals surface area contributed by atoms with Gasteiger partial charge in [0, 0.05) is 43.1 Å². The second-order valence-electron chi connectivity index (χ2n) is 10.3. The lowest BCUT2D eigenvalue weighted by atomic mass is 9.86. The van der Waals surface area contributed by atoms with Crippen molar-refractivity contribution < 1.29 is 18.7 Å². The molecule has 8 nitrogen and oxygen atoms in total. The Bertz CT molecular complexity index is 1260. The number of nitrogens with one attached hydrogen (secondary N) is 2. The van der Waals surface area contributed by atoms with Gasteiger partial charge in [-0.25, -0.2) is 28.5 Å².